The predicted molar refractivity (Wildman–Crippen MR) is 123 cm³/mol. The quantitative estimate of drug-likeness (QED) is 0.420. The molecule has 0 atom stereocenters. The molecule has 0 aliphatic rings. The monoisotopic (exact) mass is 433 g/mol. The fourth-order valence-electron chi connectivity index (χ4n) is 3.11. The zero-order valence-electron chi connectivity index (χ0n) is 18.5. The lowest BCUT2D eigenvalue weighted by Gasteiger charge is -2.09. The number of rotatable bonds is 10. The van der Waals surface area contributed by atoms with Crippen molar-refractivity contribution in [2.45, 2.75) is 40.2 Å². The maximum absolute atomic E-state index is 12.1. The lowest BCUT2D eigenvalue weighted by molar-refractivity contribution is -0.113. The molecule has 2 aromatic heterocycles. The summed E-state index contributed by atoms with van der Waals surface area (Å²) in [5.74, 6) is 0.0376. The molecule has 1 aromatic carbocycles. The molecule has 0 unspecified atom stereocenters. The molecule has 1 amide bonds. The SMILES string of the molecule is CCCC(=N)C(=O)Cn1cc(Nc2ncc(C)c(-c3ccc(C(=O)NCC)cc3)n2)cn1. The number of hydrogen-bond donors (Lipinski definition) is 3. The van der Waals surface area contributed by atoms with Gasteiger partial charge in [-0.2, -0.15) is 5.10 Å². The maximum Gasteiger partial charge on any atom is 0.251 e. The minimum Gasteiger partial charge on any atom is -0.352 e. The highest BCUT2D eigenvalue weighted by molar-refractivity contribution is 6.38. The van der Waals surface area contributed by atoms with Gasteiger partial charge in [-0.15, -0.1) is 0 Å². The smallest absolute Gasteiger partial charge is 0.251 e. The molecule has 0 saturated heterocycles. The summed E-state index contributed by atoms with van der Waals surface area (Å²) in [6.45, 7) is 6.34. The molecule has 9 nitrogen and oxygen atoms in total. The predicted octanol–water partition coefficient (Wildman–Crippen LogP) is 3.53. The van der Waals surface area contributed by atoms with Gasteiger partial charge in [-0.3, -0.25) is 14.3 Å². The molecule has 0 saturated carbocycles. The number of hydrogen-bond acceptors (Lipinski definition) is 7. The van der Waals surface area contributed by atoms with Gasteiger partial charge in [0.15, 0.2) is 5.78 Å². The molecule has 0 radical (unpaired) electrons. The van der Waals surface area contributed by atoms with Gasteiger partial charge in [0.2, 0.25) is 5.95 Å². The average Bonchev–Trinajstić information content (AvgIpc) is 3.22. The zero-order valence-corrected chi connectivity index (χ0v) is 18.5. The van der Waals surface area contributed by atoms with E-state index in [-0.39, 0.29) is 23.9 Å². The van der Waals surface area contributed by atoms with Gasteiger partial charge >= 0.3 is 0 Å². The first-order valence-electron chi connectivity index (χ1n) is 10.5. The van der Waals surface area contributed by atoms with E-state index in [9.17, 15) is 9.59 Å². The van der Waals surface area contributed by atoms with E-state index in [0.29, 0.717) is 30.2 Å². The van der Waals surface area contributed by atoms with Crippen molar-refractivity contribution in [1.82, 2.24) is 25.1 Å². The van der Waals surface area contributed by atoms with Gasteiger partial charge in [0.25, 0.3) is 5.91 Å². The average molecular weight is 434 g/mol. The lowest BCUT2D eigenvalue weighted by atomic mass is 10.1. The summed E-state index contributed by atoms with van der Waals surface area (Å²) in [5.41, 5.74) is 3.87. The molecule has 2 heterocycles. The van der Waals surface area contributed by atoms with Crippen LogP contribution in [-0.2, 0) is 11.3 Å². The number of benzene rings is 1. The second kappa shape index (κ2) is 10.4. The van der Waals surface area contributed by atoms with Gasteiger partial charge in [-0.25, -0.2) is 9.97 Å². The van der Waals surface area contributed by atoms with E-state index in [0.717, 1.165) is 23.2 Å². The molecule has 166 valence electrons. The maximum atomic E-state index is 12.1. The molecule has 3 aromatic rings. The van der Waals surface area contributed by atoms with Crippen LogP contribution in [0, 0.1) is 12.3 Å². The van der Waals surface area contributed by atoms with Crippen LogP contribution < -0.4 is 10.6 Å². The van der Waals surface area contributed by atoms with Crippen molar-refractivity contribution < 1.29 is 9.59 Å². The fourth-order valence-corrected chi connectivity index (χ4v) is 3.11. The van der Waals surface area contributed by atoms with E-state index < -0.39 is 0 Å². The van der Waals surface area contributed by atoms with Crippen LogP contribution in [0.2, 0.25) is 0 Å². The number of ketones is 1. The molecule has 0 bridgehead atoms. The molecule has 9 heteroatoms. The lowest BCUT2D eigenvalue weighted by Crippen LogP contribution is -2.22. The highest BCUT2D eigenvalue weighted by Crippen LogP contribution is 2.23. The van der Waals surface area contributed by atoms with Crippen LogP contribution >= 0.6 is 0 Å². The summed E-state index contributed by atoms with van der Waals surface area (Å²) in [7, 11) is 0. The molecule has 32 heavy (non-hydrogen) atoms. The molecule has 0 aliphatic heterocycles. The highest BCUT2D eigenvalue weighted by Gasteiger charge is 2.12. The Morgan fingerprint density at radius 2 is 1.88 bits per heavy atom. The van der Waals surface area contributed by atoms with Crippen LogP contribution in [0.1, 0.15) is 42.6 Å². The molecule has 0 fully saturated rings. The first-order valence-corrected chi connectivity index (χ1v) is 10.5. The zero-order chi connectivity index (χ0) is 23.1. The van der Waals surface area contributed by atoms with Crippen LogP contribution in [0.5, 0.6) is 0 Å². The number of anilines is 2. The summed E-state index contributed by atoms with van der Waals surface area (Å²) in [5, 5.41) is 17.8. The van der Waals surface area contributed by atoms with E-state index in [4.69, 9.17) is 5.41 Å². The van der Waals surface area contributed by atoms with Gasteiger partial charge in [0.05, 0.1) is 23.3 Å². The normalized spacial score (nSPS) is 10.6. The second-order valence-corrected chi connectivity index (χ2v) is 7.37. The van der Waals surface area contributed by atoms with Crippen LogP contribution in [0.4, 0.5) is 11.6 Å². The third-order valence-electron chi connectivity index (χ3n) is 4.76. The largest absolute Gasteiger partial charge is 0.352 e. The van der Waals surface area contributed by atoms with Gasteiger partial charge in [0.1, 0.15) is 6.54 Å². The van der Waals surface area contributed by atoms with Crippen molar-refractivity contribution in [2.24, 2.45) is 0 Å². The van der Waals surface area contributed by atoms with E-state index in [1.54, 1.807) is 30.7 Å². The van der Waals surface area contributed by atoms with Gasteiger partial charge < -0.3 is 16.0 Å². The van der Waals surface area contributed by atoms with Gasteiger partial charge in [-0.1, -0.05) is 25.5 Å². The van der Waals surface area contributed by atoms with E-state index in [1.165, 1.54) is 4.68 Å². The topological polar surface area (TPSA) is 126 Å². The van der Waals surface area contributed by atoms with Crippen molar-refractivity contribution >= 4 is 29.0 Å². The van der Waals surface area contributed by atoms with Crippen molar-refractivity contribution in [2.75, 3.05) is 11.9 Å². The second-order valence-electron chi connectivity index (χ2n) is 7.37. The van der Waals surface area contributed by atoms with Crippen molar-refractivity contribution in [3.05, 3.63) is 54.0 Å². The fraction of sp³-hybridized carbons (Fsp3) is 0.304. The minimum atomic E-state index is -0.244. The Labute approximate surface area is 186 Å². The first-order chi connectivity index (χ1) is 15.4. The molecule has 0 spiro atoms. The Morgan fingerprint density at radius 1 is 1.12 bits per heavy atom. The molecular formula is C23H27N7O2. The Kier molecular flexibility index (Phi) is 7.43. The van der Waals surface area contributed by atoms with Crippen LogP contribution in [0.15, 0.2) is 42.9 Å². The number of nitrogens with one attached hydrogen (secondary N) is 3. The number of aryl methyl sites for hydroxylation is 1. The third-order valence-corrected chi connectivity index (χ3v) is 4.76. The molecule has 3 N–H and O–H groups in total. The number of nitrogens with zero attached hydrogens (tertiary/aromatic N) is 4. The molecule has 3 rings (SSSR count). The van der Waals surface area contributed by atoms with Crippen molar-refractivity contribution in [3.8, 4) is 11.3 Å². The summed E-state index contributed by atoms with van der Waals surface area (Å²) < 4.78 is 1.49. The number of carbonyl (C=O) groups is 2. The van der Waals surface area contributed by atoms with Crippen LogP contribution in [0.25, 0.3) is 11.3 Å². The molecular weight excluding hydrogens is 406 g/mol. The minimum absolute atomic E-state index is 0.0263. The van der Waals surface area contributed by atoms with E-state index in [1.807, 2.05) is 32.9 Å². The summed E-state index contributed by atoms with van der Waals surface area (Å²) in [4.78, 5) is 33.0. The van der Waals surface area contributed by atoms with Crippen molar-refractivity contribution in [3.63, 3.8) is 0 Å². The Morgan fingerprint density at radius 3 is 2.56 bits per heavy atom. The molecule has 0 aliphatic carbocycles. The van der Waals surface area contributed by atoms with Crippen molar-refractivity contribution in [1.29, 1.82) is 5.41 Å². The van der Waals surface area contributed by atoms with Gasteiger partial charge in [0, 0.05) is 30.1 Å². The number of aromatic nitrogens is 4. The Hall–Kier alpha value is -3.88. The van der Waals surface area contributed by atoms with E-state index >= 15 is 0 Å². The summed E-state index contributed by atoms with van der Waals surface area (Å²) in [6, 6.07) is 7.26. The van der Waals surface area contributed by atoms with Gasteiger partial charge in [-0.05, 0) is 38.0 Å². The third kappa shape index (κ3) is 5.63. The highest BCUT2D eigenvalue weighted by atomic mass is 16.1. The van der Waals surface area contributed by atoms with E-state index in [2.05, 4.69) is 25.7 Å². The number of amides is 1. The summed E-state index contributed by atoms with van der Waals surface area (Å²) >= 11 is 0. The Balaban J connectivity index is 1.73. The number of Topliss-reactive ketones (excluding diaryl/α,β-unsaturated/α-hetero) is 1. The van der Waals surface area contributed by atoms with Crippen LogP contribution in [-0.4, -0.2) is 43.7 Å². The summed E-state index contributed by atoms with van der Waals surface area (Å²) in [6.07, 6.45) is 6.22. The standard InChI is InChI=1S/C23H27N7O2/c1-4-6-19(24)20(31)14-30-13-18(12-27-30)28-23-26-11-15(3)21(29-23)16-7-9-17(10-8-16)22(32)25-5-2/h7-13,24H,4-6,14H2,1-3H3,(H,25,32)(H,26,28,29). The number of carbonyl (C=O) groups excluding carboxylic acids is 2. The van der Waals surface area contributed by atoms with Crippen LogP contribution in [0.3, 0.4) is 0 Å². The first kappa shape index (κ1) is 22.8. The Bertz CT molecular complexity index is 1120.